The van der Waals surface area contributed by atoms with Crippen molar-refractivity contribution >= 4 is 41.2 Å². The van der Waals surface area contributed by atoms with Gasteiger partial charge in [-0.2, -0.15) is 18.4 Å². The molecule has 13 nitrogen and oxygen atoms in total. The molecule has 0 saturated carbocycles. The molecule has 2 heterocycles. The fourth-order valence-electron chi connectivity index (χ4n) is 6.43. The van der Waals surface area contributed by atoms with E-state index in [0.717, 1.165) is 29.8 Å². The lowest BCUT2D eigenvalue weighted by Crippen LogP contribution is -2.59. The quantitative estimate of drug-likeness (QED) is 0.143. The van der Waals surface area contributed by atoms with Crippen molar-refractivity contribution in [1.29, 1.82) is 5.26 Å². The Morgan fingerprint density at radius 3 is 1.92 bits per heavy atom. The summed E-state index contributed by atoms with van der Waals surface area (Å²) in [6.07, 6.45) is -5.74. The first-order valence-corrected chi connectivity index (χ1v) is 18.7. The lowest BCUT2D eigenvalue weighted by molar-refractivity contribution is -0.142. The molecule has 0 aromatic heterocycles. The van der Waals surface area contributed by atoms with Crippen molar-refractivity contribution in [1.82, 2.24) is 21.3 Å². The molecule has 4 atom stereocenters. The van der Waals surface area contributed by atoms with Crippen molar-refractivity contribution in [3.63, 3.8) is 0 Å². The molecule has 0 unspecified atom stereocenters. The molecule has 0 aliphatic carbocycles. The van der Waals surface area contributed by atoms with Crippen LogP contribution in [0.5, 0.6) is 0 Å². The molecule has 6 N–H and O–H groups in total. The third-order valence-corrected chi connectivity index (χ3v) is 9.64. The molecular formula is C43H41F3N6O7. The van der Waals surface area contributed by atoms with Gasteiger partial charge in [0.25, 0.3) is 0 Å². The molecule has 5 amide bonds. The van der Waals surface area contributed by atoms with Gasteiger partial charge in [0.2, 0.25) is 29.5 Å². The number of carboxylic acid groups (broad SMARTS) is 1. The first-order valence-electron chi connectivity index (χ1n) is 18.7. The van der Waals surface area contributed by atoms with Crippen LogP contribution in [0.15, 0.2) is 103 Å². The minimum absolute atomic E-state index is 0.0430. The standard InChI is InChI=1S/C43H41F3N6O7/c44-43(45,46)31-15-10-27(11-16-31)22-34-40(56)51-35(24-29-8-4-5-9-30(29)25-47)41(57)52-36(42(58)59)23-28-12-17-32(18-13-28)48-37(53)20-21-38(54)49-33(39(55)50-34)19-14-26-6-2-1-3-7-26/h1-13,15-18,33-36H,14,19-24H2,(H,48,53)(H,49,54)(H,50,55)(H,51,56)(H,52,57)(H,58,59)/t33-,34+,35-,36+/m1/s1. The summed E-state index contributed by atoms with van der Waals surface area (Å²) in [5.41, 5.74) is 1.41. The molecule has 4 aromatic rings. The fraction of sp³-hybridized carbons (Fsp3) is 0.279. The maximum Gasteiger partial charge on any atom is 0.416 e. The number of benzene rings is 4. The molecule has 59 heavy (non-hydrogen) atoms. The highest BCUT2D eigenvalue weighted by Crippen LogP contribution is 2.29. The van der Waals surface area contributed by atoms with Crippen molar-refractivity contribution in [3.8, 4) is 6.07 Å². The zero-order valence-corrected chi connectivity index (χ0v) is 31.6. The van der Waals surface area contributed by atoms with Gasteiger partial charge in [0.05, 0.1) is 17.2 Å². The van der Waals surface area contributed by atoms with Crippen LogP contribution in [0.25, 0.3) is 0 Å². The summed E-state index contributed by atoms with van der Waals surface area (Å²) in [6.45, 7) is 0. The summed E-state index contributed by atoms with van der Waals surface area (Å²) < 4.78 is 40.2. The van der Waals surface area contributed by atoms with Crippen LogP contribution in [0, 0.1) is 11.3 Å². The molecule has 2 aliphatic heterocycles. The predicted octanol–water partition coefficient (Wildman–Crippen LogP) is 3.99. The average molecular weight is 811 g/mol. The van der Waals surface area contributed by atoms with Crippen molar-refractivity contribution in [2.75, 3.05) is 5.32 Å². The van der Waals surface area contributed by atoms with Crippen LogP contribution in [-0.4, -0.2) is 64.8 Å². The van der Waals surface area contributed by atoms with E-state index >= 15 is 0 Å². The van der Waals surface area contributed by atoms with Crippen LogP contribution in [0.4, 0.5) is 18.9 Å². The molecule has 0 spiro atoms. The van der Waals surface area contributed by atoms with Gasteiger partial charge in [-0.15, -0.1) is 0 Å². The second-order valence-corrected chi connectivity index (χ2v) is 14.0. The van der Waals surface area contributed by atoms with Crippen molar-refractivity contribution in [3.05, 3.63) is 137 Å². The van der Waals surface area contributed by atoms with E-state index in [9.17, 15) is 52.3 Å². The number of anilines is 1. The van der Waals surface area contributed by atoms with Gasteiger partial charge in [0.1, 0.15) is 24.2 Å². The van der Waals surface area contributed by atoms with Crippen molar-refractivity contribution < 1.29 is 47.0 Å². The number of nitrogens with one attached hydrogen (secondary N) is 5. The Morgan fingerprint density at radius 1 is 0.678 bits per heavy atom. The van der Waals surface area contributed by atoms with E-state index in [2.05, 4.69) is 26.6 Å². The van der Waals surface area contributed by atoms with Crippen molar-refractivity contribution in [2.45, 2.75) is 75.3 Å². The summed E-state index contributed by atoms with van der Waals surface area (Å²) in [4.78, 5) is 80.8. The second kappa shape index (κ2) is 19.9. The first-order chi connectivity index (χ1) is 28.2. The molecule has 4 aromatic carbocycles. The third kappa shape index (κ3) is 12.7. The number of amides is 5. The number of aliphatic carboxylic acids is 1. The van der Waals surface area contributed by atoms with Gasteiger partial charge < -0.3 is 31.7 Å². The molecule has 6 rings (SSSR count). The molecular weight excluding hydrogens is 770 g/mol. The number of aryl methyl sites for hydroxylation is 1. The smallest absolute Gasteiger partial charge is 0.416 e. The third-order valence-electron chi connectivity index (χ3n) is 9.64. The van der Waals surface area contributed by atoms with E-state index in [4.69, 9.17) is 0 Å². The molecule has 2 bridgehead atoms. The normalized spacial score (nSPS) is 19.8. The Hall–Kier alpha value is -7.02. The van der Waals surface area contributed by atoms with E-state index in [-0.39, 0.29) is 49.7 Å². The highest BCUT2D eigenvalue weighted by Gasteiger charge is 2.34. The van der Waals surface area contributed by atoms with Gasteiger partial charge in [0, 0.05) is 37.8 Å². The van der Waals surface area contributed by atoms with Gasteiger partial charge >= 0.3 is 12.1 Å². The van der Waals surface area contributed by atoms with Crippen LogP contribution >= 0.6 is 0 Å². The topological polar surface area (TPSA) is 207 Å². The molecule has 16 heteroatoms. The molecule has 2 aliphatic rings. The maximum absolute atomic E-state index is 14.3. The van der Waals surface area contributed by atoms with Crippen LogP contribution in [-0.2, 0) is 60.6 Å². The van der Waals surface area contributed by atoms with Gasteiger partial charge in [-0.3, -0.25) is 24.0 Å². The van der Waals surface area contributed by atoms with Crippen molar-refractivity contribution in [2.24, 2.45) is 0 Å². The van der Waals surface area contributed by atoms with Crippen LogP contribution in [0.3, 0.4) is 0 Å². The maximum atomic E-state index is 14.3. The first kappa shape index (κ1) is 43.1. The second-order valence-electron chi connectivity index (χ2n) is 14.0. The summed E-state index contributed by atoms with van der Waals surface area (Å²) in [5, 5.41) is 32.8. The number of hydrogen-bond acceptors (Lipinski definition) is 7. The number of carbonyl (C=O) groups is 6. The Kier molecular flexibility index (Phi) is 14.5. The summed E-state index contributed by atoms with van der Waals surface area (Å²) in [7, 11) is 0. The average Bonchev–Trinajstić information content (AvgIpc) is 3.21. The zero-order chi connectivity index (χ0) is 42.5. The number of halogens is 3. The largest absolute Gasteiger partial charge is 0.480 e. The summed E-state index contributed by atoms with van der Waals surface area (Å²) in [6, 6.07) is 21.5. The van der Waals surface area contributed by atoms with E-state index in [1.807, 2.05) is 18.2 Å². The fourth-order valence-corrected chi connectivity index (χ4v) is 6.43. The van der Waals surface area contributed by atoms with Crippen LogP contribution < -0.4 is 26.6 Å². The number of nitrogens with zero attached hydrogens (tertiary/aromatic N) is 1. The number of fused-ring (bicyclic) bond motifs is 18. The Balaban J connectivity index is 1.53. The Bertz CT molecular complexity index is 2190. The van der Waals surface area contributed by atoms with E-state index in [1.165, 1.54) is 18.2 Å². The van der Waals surface area contributed by atoms with Crippen LogP contribution in [0.2, 0.25) is 0 Å². The number of carbonyl (C=O) groups excluding carboxylic acids is 5. The zero-order valence-electron chi connectivity index (χ0n) is 31.6. The molecule has 306 valence electrons. The van der Waals surface area contributed by atoms with Gasteiger partial charge in [0.15, 0.2) is 0 Å². The van der Waals surface area contributed by atoms with E-state index in [0.29, 0.717) is 23.2 Å². The summed E-state index contributed by atoms with van der Waals surface area (Å²) >= 11 is 0. The van der Waals surface area contributed by atoms with Crippen LogP contribution in [0.1, 0.15) is 52.6 Å². The number of carboxylic acids is 1. The Labute approximate surface area is 337 Å². The minimum Gasteiger partial charge on any atom is -0.480 e. The molecule has 0 saturated heterocycles. The lowest BCUT2D eigenvalue weighted by Gasteiger charge is -2.26. The molecule has 0 fully saturated rings. The minimum atomic E-state index is -4.65. The van der Waals surface area contributed by atoms with E-state index in [1.54, 1.807) is 48.5 Å². The van der Waals surface area contributed by atoms with E-state index < -0.39 is 71.4 Å². The van der Waals surface area contributed by atoms with Gasteiger partial charge in [-0.25, -0.2) is 4.79 Å². The Morgan fingerprint density at radius 2 is 1.27 bits per heavy atom. The highest BCUT2D eigenvalue weighted by atomic mass is 19.4. The van der Waals surface area contributed by atoms with Gasteiger partial charge in [-0.1, -0.05) is 72.8 Å². The SMILES string of the molecule is N#Cc1ccccc1C[C@H]1NC(=O)[C@H](Cc2ccc(C(F)(F)F)cc2)NC(=O)[C@@H](CCc2ccccc2)NC(=O)CCC(=O)Nc2ccc(cc2)C[C@@H](C(=O)O)NC1=O. The monoisotopic (exact) mass is 810 g/mol. The number of alkyl halides is 3. The number of rotatable bonds is 8. The number of hydrogen-bond donors (Lipinski definition) is 6. The lowest BCUT2D eigenvalue weighted by atomic mass is 9.98. The highest BCUT2D eigenvalue weighted by molar-refractivity contribution is 5.96. The molecule has 0 radical (unpaired) electrons. The predicted molar refractivity (Wildman–Crippen MR) is 208 cm³/mol. The number of nitriles is 1. The van der Waals surface area contributed by atoms with Gasteiger partial charge in [-0.05, 0) is 65.4 Å². The summed E-state index contributed by atoms with van der Waals surface area (Å²) in [5.74, 6) is -5.31.